The average Bonchev–Trinajstić information content (AvgIpc) is 2.93. The molecule has 1 aliphatic rings. The first-order valence-corrected chi connectivity index (χ1v) is 9.00. The minimum absolute atomic E-state index is 0.0740. The summed E-state index contributed by atoms with van der Waals surface area (Å²) in [5.41, 5.74) is 1.41. The molecule has 0 atom stereocenters. The van der Waals surface area contributed by atoms with Crippen LogP contribution < -0.4 is 4.90 Å². The molecular weight excluding hydrogens is 389 g/mol. The fraction of sp³-hybridized carbons (Fsp3) is 0.471. The molecule has 2 aromatic rings. The second kappa shape index (κ2) is 7.11. The van der Waals surface area contributed by atoms with Gasteiger partial charge in [0, 0.05) is 49.6 Å². The highest BCUT2D eigenvalue weighted by Crippen LogP contribution is 2.25. The van der Waals surface area contributed by atoms with Gasteiger partial charge in [0.25, 0.3) is 5.91 Å². The monoisotopic (exact) mass is 409 g/mol. The Morgan fingerprint density at radius 3 is 2.60 bits per heavy atom. The van der Waals surface area contributed by atoms with Gasteiger partial charge in [0.2, 0.25) is 0 Å². The van der Waals surface area contributed by atoms with E-state index in [9.17, 15) is 9.18 Å². The number of aromatic nitrogens is 3. The minimum atomic E-state index is -0.332. The van der Waals surface area contributed by atoms with Gasteiger partial charge in [-0.05, 0) is 47.8 Å². The summed E-state index contributed by atoms with van der Waals surface area (Å²) in [6, 6.07) is 3.34. The summed E-state index contributed by atoms with van der Waals surface area (Å²) < 4.78 is 16.4. The molecule has 8 heteroatoms. The summed E-state index contributed by atoms with van der Waals surface area (Å²) in [7, 11) is 3.63. The van der Waals surface area contributed by atoms with Crippen LogP contribution in [0.3, 0.4) is 0 Å². The first-order valence-electron chi connectivity index (χ1n) is 8.20. The number of piperidine rings is 1. The van der Waals surface area contributed by atoms with Gasteiger partial charge in [-0.1, -0.05) is 0 Å². The van der Waals surface area contributed by atoms with E-state index in [4.69, 9.17) is 0 Å². The number of hydrogen-bond acceptors (Lipinski definition) is 4. The van der Waals surface area contributed by atoms with Gasteiger partial charge in [-0.15, -0.1) is 0 Å². The van der Waals surface area contributed by atoms with Gasteiger partial charge in [-0.25, -0.2) is 9.37 Å². The normalized spacial score (nSPS) is 15.5. The van der Waals surface area contributed by atoms with Crippen LogP contribution >= 0.6 is 15.9 Å². The van der Waals surface area contributed by atoms with Crippen LogP contribution in [0, 0.1) is 12.7 Å². The largest absolute Gasteiger partial charge is 0.354 e. The Hall–Kier alpha value is -1.96. The lowest BCUT2D eigenvalue weighted by molar-refractivity contribution is 0.0702. The van der Waals surface area contributed by atoms with Crippen LogP contribution in [0.5, 0.6) is 0 Å². The maximum absolute atomic E-state index is 14.1. The summed E-state index contributed by atoms with van der Waals surface area (Å²) in [4.78, 5) is 20.5. The van der Waals surface area contributed by atoms with Crippen molar-refractivity contribution in [1.29, 1.82) is 0 Å². The Bertz CT molecular complexity index is 766. The number of carbonyl (C=O) groups excluding carboxylic acids is 1. The number of halogens is 2. The van der Waals surface area contributed by atoms with Gasteiger partial charge >= 0.3 is 0 Å². The third-order valence-electron chi connectivity index (χ3n) is 4.75. The first kappa shape index (κ1) is 17.8. The van der Waals surface area contributed by atoms with Gasteiger partial charge in [0.05, 0.1) is 0 Å². The summed E-state index contributed by atoms with van der Waals surface area (Å²) in [6.45, 7) is 3.24. The standard InChI is InChI=1S/C17H21BrFN5O/c1-11-8-15(21-23(11)3)17(25)22(2)13-4-6-24(7-5-13)16-14(19)9-12(18)10-20-16/h8-10,13H,4-7H2,1-3H3. The van der Waals surface area contributed by atoms with Gasteiger partial charge in [0.15, 0.2) is 17.3 Å². The maximum Gasteiger partial charge on any atom is 0.274 e. The summed E-state index contributed by atoms with van der Waals surface area (Å²) in [5, 5.41) is 4.26. The van der Waals surface area contributed by atoms with E-state index in [0.717, 1.165) is 18.5 Å². The van der Waals surface area contributed by atoms with Crippen LogP contribution in [0.15, 0.2) is 22.8 Å². The molecule has 0 bridgehead atoms. The maximum atomic E-state index is 14.1. The van der Waals surface area contributed by atoms with E-state index in [1.165, 1.54) is 6.07 Å². The predicted octanol–water partition coefficient (Wildman–Crippen LogP) is 2.77. The number of amides is 1. The van der Waals surface area contributed by atoms with Crippen molar-refractivity contribution in [2.24, 2.45) is 7.05 Å². The molecule has 1 fully saturated rings. The van der Waals surface area contributed by atoms with Crippen molar-refractivity contribution in [3.8, 4) is 0 Å². The molecule has 0 aromatic carbocycles. The third kappa shape index (κ3) is 3.68. The average molecular weight is 410 g/mol. The van der Waals surface area contributed by atoms with Crippen molar-refractivity contribution in [3.63, 3.8) is 0 Å². The number of anilines is 1. The molecular formula is C17H21BrFN5O. The second-order valence-electron chi connectivity index (χ2n) is 6.39. The number of nitrogens with zero attached hydrogens (tertiary/aromatic N) is 5. The third-order valence-corrected chi connectivity index (χ3v) is 5.19. The summed E-state index contributed by atoms with van der Waals surface area (Å²) in [6.07, 6.45) is 3.14. The van der Waals surface area contributed by atoms with E-state index in [-0.39, 0.29) is 17.8 Å². The number of pyridine rings is 1. The molecule has 0 spiro atoms. The summed E-state index contributed by atoms with van der Waals surface area (Å²) in [5.74, 6) is -0.0349. The Balaban J connectivity index is 1.64. The number of carbonyl (C=O) groups is 1. The molecule has 134 valence electrons. The molecule has 0 unspecified atom stereocenters. The van der Waals surface area contributed by atoms with Crippen LogP contribution in [-0.4, -0.2) is 51.8 Å². The molecule has 0 N–H and O–H groups in total. The Morgan fingerprint density at radius 2 is 2.04 bits per heavy atom. The molecule has 25 heavy (non-hydrogen) atoms. The van der Waals surface area contributed by atoms with Gasteiger partial charge in [0.1, 0.15) is 0 Å². The molecule has 0 radical (unpaired) electrons. The van der Waals surface area contributed by atoms with Gasteiger partial charge in [-0.3, -0.25) is 9.48 Å². The van der Waals surface area contributed by atoms with Gasteiger partial charge < -0.3 is 9.80 Å². The van der Waals surface area contributed by atoms with Crippen LogP contribution in [0.2, 0.25) is 0 Å². The molecule has 1 aliphatic heterocycles. The van der Waals surface area contributed by atoms with Crippen molar-refractivity contribution in [1.82, 2.24) is 19.7 Å². The first-order chi connectivity index (χ1) is 11.9. The van der Waals surface area contributed by atoms with E-state index >= 15 is 0 Å². The van der Waals surface area contributed by atoms with Crippen molar-refractivity contribution in [2.75, 3.05) is 25.0 Å². The fourth-order valence-corrected chi connectivity index (χ4v) is 3.42. The van der Waals surface area contributed by atoms with Crippen LogP contribution in [0.4, 0.5) is 10.2 Å². The lowest BCUT2D eigenvalue weighted by atomic mass is 10.0. The highest BCUT2D eigenvalue weighted by atomic mass is 79.9. The van der Waals surface area contributed by atoms with Crippen molar-refractivity contribution < 1.29 is 9.18 Å². The Kier molecular flexibility index (Phi) is 5.08. The highest BCUT2D eigenvalue weighted by molar-refractivity contribution is 9.10. The van der Waals surface area contributed by atoms with E-state index in [0.29, 0.717) is 29.1 Å². The Morgan fingerprint density at radius 1 is 1.36 bits per heavy atom. The van der Waals surface area contributed by atoms with E-state index in [2.05, 4.69) is 26.0 Å². The van der Waals surface area contributed by atoms with Crippen LogP contribution in [0.1, 0.15) is 29.0 Å². The highest BCUT2D eigenvalue weighted by Gasteiger charge is 2.28. The molecule has 0 saturated carbocycles. The zero-order valence-electron chi connectivity index (χ0n) is 14.5. The SMILES string of the molecule is Cc1cc(C(=O)N(C)C2CCN(c3ncc(Br)cc3F)CC2)nn1C. The van der Waals surface area contributed by atoms with E-state index in [1.54, 1.807) is 21.8 Å². The smallest absolute Gasteiger partial charge is 0.274 e. The molecule has 1 saturated heterocycles. The molecule has 3 rings (SSSR count). The van der Waals surface area contributed by atoms with E-state index in [1.807, 2.05) is 25.9 Å². The van der Waals surface area contributed by atoms with Gasteiger partial charge in [-0.2, -0.15) is 5.10 Å². The van der Waals surface area contributed by atoms with Crippen LogP contribution in [0.25, 0.3) is 0 Å². The topological polar surface area (TPSA) is 54.3 Å². The minimum Gasteiger partial charge on any atom is -0.354 e. The molecule has 1 amide bonds. The lowest BCUT2D eigenvalue weighted by Crippen LogP contribution is -2.46. The zero-order chi connectivity index (χ0) is 18.1. The molecule has 6 nitrogen and oxygen atoms in total. The second-order valence-corrected chi connectivity index (χ2v) is 7.30. The van der Waals surface area contributed by atoms with E-state index < -0.39 is 0 Å². The number of rotatable bonds is 3. The fourth-order valence-electron chi connectivity index (χ4n) is 3.12. The quantitative estimate of drug-likeness (QED) is 0.781. The predicted molar refractivity (Wildman–Crippen MR) is 97.2 cm³/mol. The molecule has 2 aromatic heterocycles. The Labute approximate surface area is 154 Å². The van der Waals surface area contributed by atoms with Crippen molar-refractivity contribution in [3.05, 3.63) is 40.0 Å². The van der Waals surface area contributed by atoms with Crippen molar-refractivity contribution in [2.45, 2.75) is 25.8 Å². The van der Waals surface area contributed by atoms with Crippen LogP contribution in [-0.2, 0) is 7.05 Å². The lowest BCUT2D eigenvalue weighted by Gasteiger charge is -2.37. The summed E-state index contributed by atoms with van der Waals surface area (Å²) >= 11 is 3.22. The zero-order valence-corrected chi connectivity index (χ0v) is 16.1. The molecule has 0 aliphatic carbocycles. The van der Waals surface area contributed by atoms with Crippen molar-refractivity contribution >= 4 is 27.7 Å². The number of aryl methyl sites for hydroxylation is 2. The molecule has 3 heterocycles. The number of hydrogen-bond donors (Lipinski definition) is 0.